The van der Waals surface area contributed by atoms with Crippen molar-refractivity contribution >= 4 is 12.0 Å². The summed E-state index contributed by atoms with van der Waals surface area (Å²) in [5.41, 5.74) is -2.97. The van der Waals surface area contributed by atoms with Crippen LogP contribution in [-0.2, 0) is 16.8 Å². The number of rotatable bonds is 10. The van der Waals surface area contributed by atoms with Gasteiger partial charge in [-0.05, 0) is 41.0 Å². The van der Waals surface area contributed by atoms with E-state index in [0.29, 0.717) is 12.1 Å². The number of ether oxygens (including phenoxy) is 1. The van der Waals surface area contributed by atoms with Crippen LogP contribution in [-0.4, -0.2) is 36.8 Å². The van der Waals surface area contributed by atoms with E-state index in [1.165, 1.54) is 24.3 Å². The Morgan fingerprint density at radius 2 is 1.44 bits per heavy atom. The number of hydrogen-bond donors (Lipinski definition) is 2. The highest BCUT2D eigenvalue weighted by Gasteiger charge is 2.49. The van der Waals surface area contributed by atoms with E-state index in [-0.39, 0.29) is 17.2 Å². The molecule has 2 N–H and O–H groups in total. The molecule has 0 aliphatic carbocycles. The van der Waals surface area contributed by atoms with Gasteiger partial charge in [-0.3, -0.25) is 4.79 Å². The summed E-state index contributed by atoms with van der Waals surface area (Å²) in [5, 5.41) is 13.8. The molecule has 0 saturated heterocycles. The zero-order valence-electron chi connectivity index (χ0n) is 20.3. The van der Waals surface area contributed by atoms with E-state index < -0.39 is 71.7 Å². The normalized spacial score (nSPS) is 14.2. The first-order valence-electron chi connectivity index (χ1n) is 11.4. The monoisotopic (exact) mass is 593 g/mol. The van der Waals surface area contributed by atoms with E-state index in [1.54, 1.807) is 6.07 Å². The van der Waals surface area contributed by atoms with Gasteiger partial charge in [0, 0.05) is 12.5 Å². The van der Waals surface area contributed by atoms with Crippen molar-refractivity contribution in [2.45, 2.75) is 36.7 Å². The van der Waals surface area contributed by atoms with Crippen LogP contribution in [0.25, 0.3) is 0 Å². The van der Waals surface area contributed by atoms with Crippen LogP contribution in [0.1, 0.15) is 16.7 Å². The number of nitrogens with one attached hydrogen (secondary N) is 2. The van der Waals surface area contributed by atoms with Gasteiger partial charge in [-0.2, -0.15) is 30.7 Å². The van der Waals surface area contributed by atoms with Crippen LogP contribution >= 0.6 is 0 Å². The topological polar surface area (TPSA) is 90.5 Å². The molecule has 0 fully saturated rings. The van der Waals surface area contributed by atoms with E-state index in [9.17, 15) is 54.2 Å². The van der Waals surface area contributed by atoms with Gasteiger partial charge in [0.2, 0.25) is 6.04 Å². The van der Waals surface area contributed by atoms with Crippen molar-refractivity contribution in [3.05, 3.63) is 101 Å². The van der Waals surface area contributed by atoms with Crippen molar-refractivity contribution in [1.82, 2.24) is 10.6 Å². The summed E-state index contributed by atoms with van der Waals surface area (Å²) in [4.78, 5) is 24.0. The highest BCUT2D eigenvalue weighted by atomic mass is 19.4. The Hall–Kier alpha value is -4.43. The van der Waals surface area contributed by atoms with Crippen LogP contribution in [0.2, 0.25) is 0 Å². The lowest BCUT2D eigenvalue weighted by atomic mass is 9.77. The molecule has 2 atom stereocenters. The second-order valence-electron chi connectivity index (χ2n) is 8.61. The number of halogens is 9. The highest BCUT2D eigenvalue weighted by Crippen LogP contribution is 2.38. The lowest BCUT2D eigenvalue weighted by Gasteiger charge is -2.38. The van der Waals surface area contributed by atoms with Crippen LogP contribution < -0.4 is 20.5 Å². The fourth-order valence-electron chi connectivity index (χ4n) is 3.96. The molecular formula is C26H18F9N2O4-. The summed E-state index contributed by atoms with van der Waals surface area (Å²) < 4.78 is 126. The van der Waals surface area contributed by atoms with Gasteiger partial charge in [0.1, 0.15) is 23.5 Å². The molecule has 3 rings (SSSR count). The second-order valence-corrected chi connectivity index (χ2v) is 8.61. The van der Waals surface area contributed by atoms with Crippen LogP contribution in [0.4, 0.5) is 44.3 Å². The standard InChI is InChI=1S/C26H19F9N2O4/c27-17-8-6-15(7-9-17)24(13-14-4-2-1-3-5-14,37-21(38)20(25(31,32)33)36-23(39)40)16-10-18(28)12-19(11-16)41-26(34,35)22(29)30/h1-12,20,22,36H,13H2,(H,37,38)(H,39,40)/p-1/t20?,24-/m1/s1. The molecule has 1 unspecified atom stereocenters. The van der Waals surface area contributed by atoms with Crippen molar-refractivity contribution in [2.75, 3.05) is 0 Å². The number of hydrogen-bond acceptors (Lipinski definition) is 4. The Morgan fingerprint density at radius 1 is 0.829 bits per heavy atom. The molecule has 0 spiro atoms. The highest BCUT2D eigenvalue weighted by molar-refractivity contribution is 5.87. The average Bonchev–Trinajstić information content (AvgIpc) is 2.86. The number of carbonyl (C=O) groups is 2. The lowest BCUT2D eigenvalue weighted by molar-refractivity contribution is -0.256. The first-order valence-corrected chi connectivity index (χ1v) is 11.4. The van der Waals surface area contributed by atoms with Crippen molar-refractivity contribution < 1.29 is 58.9 Å². The predicted octanol–water partition coefficient (Wildman–Crippen LogP) is 4.67. The van der Waals surface area contributed by atoms with Crippen molar-refractivity contribution in [3.8, 4) is 5.75 Å². The van der Waals surface area contributed by atoms with E-state index in [4.69, 9.17) is 0 Å². The first kappa shape index (κ1) is 31.1. The Kier molecular flexibility index (Phi) is 9.09. The molecule has 0 heterocycles. The molecule has 0 aliphatic rings. The van der Waals surface area contributed by atoms with Gasteiger partial charge in [-0.25, -0.2) is 8.78 Å². The minimum atomic E-state index is -5.53. The van der Waals surface area contributed by atoms with Gasteiger partial charge in [-0.15, -0.1) is 0 Å². The molecular weight excluding hydrogens is 575 g/mol. The fraction of sp³-hybridized carbons (Fsp3) is 0.231. The Labute approximate surface area is 225 Å². The largest absolute Gasteiger partial charge is 0.530 e. The predicted molar refractivity (Wildman–Crippen MR) is 122 cm³/mol. The summed E-state index contributed by atoms with van der Waals surface area (Å²) in [6, 6.07) is 8.97. The Morgan fingerprint density at radius 3 is 1.98 bits per heavy atom. The number of benzene rings is 3. The maximum absolute atomic E-state index is 14.7. The smallest absolute Gasteiger partial charge is 0.461 e. The molecule has 0 saturated carbocycles. The van der Waals surface area contributed by atoms with E-state index >= 15 is 0 Å². The van der Waals surface area contributed by atoms with Gasteiger partial charge < -0.3 is 25.3 Å². The fourth-order valence-corrected chi connectivity index (χ4v) is 3.96. The third-order valence-electron chi connectivity index (χ3n) is 5.71. The van der Waals surface area contributed by atoms with E-state index in [2.05, 4.69) is 4.74 Å². The van der Waals surface area contributed by atoms with E-state index in [0.717, 1.165) is 29.6 Å². The summed E-state index contributed by atoms with van der Waals surface area (Å²) in [6.45, 7) is 0. The molecule has 41 heavy (non-hydrogen) atoms. The molecule has 6 nitrogen and oxygen atoms in total. The molecule has 2 amide bonds. The Bertz CT molecular complexity index is 1370. The van der Waals surface area contributed by atoms with Gasteiger partial charge in [0.15, 0.2) is 0 Å². The van der Waals surface area contributed by atoms with E-state index in [1.807, 2.05) is 5.32 Å². The van der Waals surface area contributed by atoms with Crippen molar-refractivity contribution in [2.24, 2.45) is 0 Å². The second kappa shape index (κ2) is 12.0. The Balaban J connectivity index is 2.31. The maximum atomic E-state index is 14.7. The van der Waals surface area contributed by atoms with Gasteiger partial charge in [0.25, 0.3) is 5.91 Å². The first-order chi connectivity index (χ1) is 19.0. The van der Waals surface area contributed by atoms with Crippen molar-refractivity contribution in [3.63, 3.8) is 0 Å². The quantitative estimate of drug-likeness (QED) is 0.335. The third kappa shape index (κ3) is 7.61. The molecule has 3 aromatic rings. The third-order valence-corrected chi connectivity index (χ3v) is 5.71. The molecule has 0 aliphatic heterocycles. The van der Waals surface area contributed by atoms with Gasteiger partial charge >= 0.3 is 18.7 Å². The zero-order valence-corrected chi connectivity index (χ0v) is 20.3. The van der Waals surface area contributed by atoms with Gasteiger partial charge in [-0.1, -0.05) is 42.5 Å². The molecule has 3 aromatic carbocycles. The number of carbonyl (C=O) groups excluding carboxylic acids is 2. The molecule has 0 aromatic heterocycles. The molecule has 220 valence electrons. The summed E-state index contributed by atoms with van der Waals surface area (Å²) in [5.74, 6) is -5.48. The van der Waals surface area contributed by atoms with Crippen LogP contribution in [0, 0.1) is 11.6 Å². The van der Waals surface area contributed by atoms with Crippen LogP contribution in [0.3, 0.4) is 0 Å². The summed E-state index contributed by atoms with van der Waals surface area (Å²) >= 11 is 0. The average molecular weight is 593 g/mol. The minimum absolute atomic E-state index is 0.234. The molecule has 0 radical (unpaired) electrons. The maximum Gasteiger partial charge on any atom is 0.461 e. The summed E-state index contributed by atoms with van der Waals surface area (Å²) in [6.07, 6.45) is -18.0. The van der Waals surface area contributed by atoms with Crippen LogP contribution in [0.5, 0.6) is 5.75 Å². The molecule has 15 heteroatoms. The lowest BCUT2D eigenvalue weighted by Crippen LogP contribution is -2.61. The summed E-state index contributed by atoms with van der Waals surface area (Å²) in [7, 11) is 0. The van der Waals surface area contributed by atoms with Crippen LogP contribution in [0.15, 0.2) is 72.8 Å². The minimum Gasteiger partial charge on any atom is -0.530 e. The van der Waals surface area contributed by atoms with Gasteiger partial charge in [0.05, 0.1) is 5.54 Å². The number of carboxylic acid groups (broad SMARTS) is 1. The SMILES string of the molecule is O=C([O-])NC(C(=O)N[C@](Cc1ccccc1)(c1ccc(F)cc1)c1cc(F)cc(OC(F)(F)C(F)F)c1)C(F)(F)F. The number of amides is 2. The molecule has 0 bridgehead atoms. The van der Waals surface area contributed by atoms with Crippen molar-refractivity contribution in [1.29, 1.82) is 0 Å². The number of alkyl halides is 7. The zero-order chi connectivity index (χ0) is 30.6.